The van der Waals surface area contributed by atoms with E-state index >= 15 is 0 Å². The van der Waals surface area contributed by atoms with Crippen molar-refractivity contribution in [1.29, 1.82) is 0 Å². The van der Waals surface area contributed by atoms with Gasteiger partial charge in [0.25, 0.3) is 5.56 Å². The summed E-state index contributed by atoms with van der Waals surface area (Å²) in [6.45, 7) is 5.07. The van der Waals surface area contributed by atoms with Gasteiger partial charge in [-0.3, -0.25) is 9.36 Å². The SMILES string of the molecule is CCCCCNC(C)c1nc2ccccc2c(=O)n1-c1cc(OC)cc(OC)c1Br. The molecule has 3 rings (SSSR count). The number of ether oxygens (including phenoxy) is 2. The molecule has 160 valence electrons. The second kappa shape index (κ2) is 10.1. The van der Waals surface area contributed by atoms with E-state index in [0.29, 0.717) is 38.4 Å². The number of nitrogens with one attached hydrogen (secondary N) is 1. The molecule has 1 aromatic heterocycles. The summed E-state index contributed by atoms with van der Waals surface area (Å²) in [5.74, 6) is 1.82. The molecule has 0 aliphatic heterocycles. The molecule has 7 heteroatoms. The average Bonchev–Trinajstić information content (AvgIpc) is 2.77. The number of nitrogens with zero attached hydrogens (tertiary/aromatic N) is 2. The second-order valence-corrected chi connectivity index (χ2v) is 7.97. The van der Waals surface area contributed by atoms with E-state index in [1.807, 2.05) is 31.2 Å². The number of hydrogen-bond acceptors (Lipinski definition) is 5. The first-order valence-electron chi connectivity index (χ1n) is 10.2. The highest BCUT2D eigenvalue weighted by molar-refractivity contribution is 9.10. The molecule has 0 radical (unpaired) electrons. The van der Waals surface area contributed by atoms with Crippen molar-refractivity contribution in [3.05, 3.63) is 57.0 Å². The van der Waals surface area contributed by atoms with Gasteiger partial charge in [0.2, 0.25) is 0 Å². The smallest absolute Gasteiger partial charge is 0.266 e. The normalized spacial score (nSPS) is 12.2. The van der Waals surface area contributed by atoms with E-state index in [0.717, 1.165) is 25.8 Å². The van der Waals surface area contributed by atoms with E-state index < -0.39 is 0 Å². The molecule has 0 saturated heterocycles. The minimum absolute atomic E-state index is 0.122. The van der Waals surface area contributed by atoms with Gasteiger partial charge >= 0.3 is 0 Å². The minimum atomic E-state index is -0.131. The predicted molar refractivity (Wildman–Crippen MR) is 124 cm³/mol. The molecule has 0 aliphatic rings. The first-order valence-corrected chi connectivity index (χ1v) is 11.0. The molecule has 3 aromatic rings. The van der Waals surface area contributed by atoms with Gasteiger partial charge in [-0.1, -0.05) is 31.9 Å². The van der Waals surface area contributed by atoms with E-state index in [9.17, 15) is 4.79 Å². The van der Waals surface area contributed by atoms with Gasteiger partial charge in [-0.15, -0.1) is 0 Å². The molecule has 1 N–H and O–H groups in total. The van der Waals surface area contributed by atoms with Crippen LogP contribution in [0.15, 0.2) is 45.7 Å². The number of para-hydroxylation sites is 1. The number of aromatic nitrogens is 2. The van der Waals surface area contributed by atoms with Crippen LogP contribution in [0.5, 0.6) is 11.5 Å². The summed E-state index contributed by atoms with van der Waals surface area (Å²) < 4.78 is 13.3. The lowest BCUT2D eigenvalue weighted by Gasteiger charge is -2.21. The third-order valence-electron chi connectivity index (χ3n) is 5.11. The van der Waals surface area contributed by atoms with Crippen molar-refractivity contribution in [1.82, 2.24) is 14.9 Å². The molecule has 6 nitrogen and oxygen atoms in total. The molecule has 2 aromatic carbocycles. The summed E-state index contributed by atoms with van der Waals surface area (Å²) in [5.41, 5.74) is 1.18. The van der Waals surface area contributed by atoms with Crippen molar-refractivity contribution >= 4 is 26.8 Å². The summed E-state index contributed by atoms with van der Waals surface area (Å²) in [6.07, 6.45) is 3.40. The zero-order valence-electron chi connectivity index (χ0n) is 17.9. The van der Waals surface area contributed by atoms with Gasteiger partial charge in [0.15, 0.2) is 0 Å². The monoisotopic (exact) mass is 473 g/mol. The number of halogens is 1. The Morgan fingerprint density at radius 1 is 1.17 bits per heavy atom. The number of methoxy groups -OCH3 is 2. The van der Waals surface area contributed by atoms with Crippen LogP contribution in [-0.4, -0.2) is 30.3 Å². The van der Waals surface area contributed by atoms with Crippen molar-refractivity contribution in [2.24, 2.45) is 0 Å². The lowest BCUT2D eigenvalue weighted by atomic mass is 10.2. The Morgan fingerprint density at radius 3 is 2.63 bits per heavy atom. The second-order valence-electron chi connectivity index (χ2n) is 7.17. The lowest BCUT2D eigenvalue weighted by Crippen LogP contribution is -2.30. The van der Waals surface area contributed by atoms with Gasteiger partial charge in [-0.25, -0.2) is 4.98 Å². The molecule has 0 saturated carbocycles. The molecule has 0 amide bonds. The standard InChI is InChI=1S/C23H28BrN3O3/c1-5-6-9-12-25-15(2)22-26-18-11-8-7-10-17(18)23(28)27(22)19-13-16(29-3)14-20(30-4)21(19)24/h7-8,10-11,13-15,25H,5-6,9,12H2,1-4H3. The Labute approximate surface area is 185 Å². The lowest BCUT2D eigenvalue weighted by molar-refractivity contribution is 0.392. The van der Waals surface area contributed by atoms with Gasteiger partial charge in [0.05, 0.1) is 41.3 Å². The van der Waals surface area contributed by atoms with Crippen LogP contribution in [0.1, 0.15) is 45.0 Å². The molecule has 0 aliphatic carbocycles. The molecule has 1 unspecified atom stereocenters. The molecule has 1 heterocycles. The van der Waals surface area contributed by atoms with Crippen molar-refractivity contribution in [3.8, 4) is 17.2 Å². The Bertz CT molecular complexity index is 1080. The van der Waals surface area contributed by atoms with Gasteiger partial charge < -0.3 is 14.8 Å². The zero-order valence-corrected chi connectivity index (χ0v) is 19.5. The van der Waals surface area contributed by atoms with Gasteiger partial charge in [0.1, 0.15) is 17.3 Å². The predicted octanol–water partition coefficient (Wildman–Crippen LogP) is 5.01. The topological polar surface area (TPSA) is 65.4 Å². The first-order chi connectivity index (χ1) is 14.5. The number of hydrogen-bond donors (Lipinski definition) is 1. The van der Waals surface area contributed by atoms with E-state index in [4.69, 9.17) is 14.5 Å². The Kier molecular flexibility index (Phi) is 7.50. The van der Waals surface area contributed by atoms with Crippen LogP contribution in [-0.2, 0) is 0 Å². The first kappa shape index (κ1) is 22.3. The maximum absolute atomic E-state index is 13.6. The molecular formula is C23H28BrN3O3. The molecular weight excluding hydrogens is 446 g/mol. The van der Waals surface area contributed by atoms with Crippen molar-refractivity contribution < 1.29 is 9.47 Å². The van der Waals surface area contributed by atoms with Crippen molar-refractivity contribution in [3.63, 3.8) is 0 Å². The number of rotatable bonds is 9. The van der Waals surface area contributed by atoms with Crippen LogP contribution in [0.25, 0.3) is 16.6 Å². The summed E-state index contributed by atoms with van der Waals surface area (Å²) in [4.78, 5) is 18.4. The fourth-order valence-electron chi connectivity index (χ4n) is 3.45. The largest absolute Gasteiger partial charge is 0.497 e. The summed E-state index contributed by atoms with van der Waals surface area (Å²) >= 11 is 3.61. The number of fused-ring (bicyclic) bond motifs is 1. The molecule has 1 atom stereocenters. The number of unbranched alkanes of at least 4 members (excludes halogenated alkanes) is 2. The fourth-order valence-corrected chi connectivity index (χ4v) is 4.01. The number of benzene rings is 2. The summed E-state index contributed by atoms with van der Waals surface area (Å²) in [6, 6.07) is 10.9. The molecule has 0 fully saturated rings. The fraction of sp³-hybridized carbons (Fsp3) is 0.391. The highest BCUT2D eigenvalue weighted by Gasteiger charge is 2.21. The van der Waals surface area contributed by atoms with Crippen molar-refractivity contribution in [2.45, 2.75) is 39.2 Å². The van der Waals surface area contributed by atoms with Crippen LogP contribution < -0.4 is 20.3 Å². The highest BCUT2D eigenvalue weighted by Crippen LogP contribution is 2.36. The Hall–Kier alpha value is -2.38. The van der Waals surface area contributed by atoms with E-state index in [-0.39, 0.29) is 11.6 Å². The van der Waals surface area contributed by atoms with Gasteiger partial charge in [-0.2, -0.15) is 0 Å². The minimum Gasteiger partial charge on any atom is -0.497 e. The Balaban J connectivity index is 2.22. The average molecular weight is 474 g/mol. The summed E-state index contributed by atoms with van der Waals surface area (Å²) in [7, 11) is 3.18. The van der Waals surface area contributed by atoms with Crippen molar-refractivity contribution in [2.75, 3.05) is 20.8 Å². The van der Waals surface area contributed by atoms with Crippen LogP contribution >= 0.6 is 15.9 Å². The third kappa shape index (κ3) is 4.52. The maximum Gasteiger partial charge on any atom is 0.266 e. The van der Waals surface area contributed by atoms with Gasteiger partial charge in [-0.05, 0) is 48.0 Å². The molecule has 30 heavy (non-hydrogen) atoms. The maximum atomic E-state index is 13.6. The quantitative estimate of drug-likeness (QED) is 0.442. The zero-order chi connectivity index (χ0) is 21.7. The van der Waals surface area contributed by atoms with E-state index in [2.05, 4.69) is 28.2 Å². The van der Waals surface area contributed by atoms with Crippen LogP contribution in [0.3, 0.4) is 0 Å². The molecule has 0 bridgehead atoms. The van der Waals surface area contributed by atoms with Crippen LogP contribution in [0.2, 0.25) is 0 Å². The van der Waals surface area contributed by atoms with Crippen LogP contribution in [0, 0.1) is 0 Å². The summed E-state index contributed by atoms with van der Waals surface area (Å²) in [5, 5.41) is 4.08. The van der Waals surface area contributed by atoms with Crippen LogP contribution in [0.4, 0.5) is 0 Å². The van der Waals surface area contributed by atoms with E-state index in [1.165, 1.54) is 0 Å². The molecule has 0 spiro atoms. The van der Waals surface area contributed by atoms with E-state index in [1.54, 1.807) is 30.9 Å². The van der Waals surface area contributed by atoms with Gasteiger partial charge in [0, 0.05) is 12.1 Å². The Morgan fingerprint density at radius 2 is 1.93 bits per heavy atom. The highest BCUT2D eigenvalue weighted by atomic mass is 79.9. The third-order valence-corrected chi connectivity index (χ3v) is 5.91.